The molecule has 0 aromatic heterocycles. The van der Waals surface area contributed by atoms with E-state index in [1.807, 2.05) is 6.07 Å². The Bertz CT molecular complexity index is 383. The number of anilines is 1. The molecule has 0 fully saturated rings. The Morgan fingerprint density at radius 1 is 1.38 bits per heavy atom. The molecule has 0 unspecified atom stereocenters. The van der Waals surface area contributed by atoms with Gasteiger partial charge in [-0.05, 0) is 30.7 Å². The second-order valence-corrected chi connectivity index (χ2v) is 3.49. The molecule has 2 N–H and O–H groups in total. The van der Waals surface area contributed by atoms with Crippen molar-refractivity contribution in [3.8, 4) is 6.07 Å². The van der Waals surface area contributed by atoms with Gasteiger partial charge in [0.05, 0.1) is 11.6 Å². The lowest BCUT2D eigenvalue weighted by molar-refractivity contribution is 0.252. The number of halogens is 1. The van der Waals surface area contributed by atoms with Crippen molar-refractivity contribution in [2.75, 3.05) is 17.7 Å². The first-order chi connectivity index (χ1) is 7.76. The van der Waals surface area contributed by atoms with Gasteiger partial charge in [0, 0.05) is 18.1 Å². The second kappa shape index (κ2) is 6.70. The number of alkyl halides is 1. The second-order valence-electron chi connectivity index (χ2n) is 3.11. The summed E-state index contributed by atoms with van der Waals surface area (Å²) in [5, 5.41) is 13.9. The summed E-state index contributed by atoms with van der Waals surface area (Å²) in [4.78, 5) is 11.3. The Balaban J connectivity index is 2.41. The zero-order valence-corrected chi connectivity index (χ0v) is 9.42. The summed E-state index contributed by atoms with van der Waals surface area (Å²) >= 11 is 5.48. The fourth-order valence-electron chi connectivity index (χ4n) is 1.07. The van der Waals surface area contributed by atoms with Gasteiger partial charge in [-0.3, -0.25) is 0 Å². The van der Waals surface area contributed by atoms with Crippen molar-refractivity contribution >= 4 is 23.3 Å². The van der Waals surface area contributed by atoms with Crippen LogP contribution in [0.5, 0.6) is 0 Å². The van der Waals surface area contributed by atoms with Crippen molar-refractivity contribution in [3.05, 3.63) is 29.8 Å². The summed E-state index contributed by atoms with van der Waals surface area (Å²) in [5.41, 5.74) is 1.22. The molecule has 1 aromatic carbocycles. The quantitative estimate of drug-likeness (QED) is 0.623. The summed E-state index contributed by atoms with van der Waals surface area (Å²) in [6, 6.07) is 8.39. The van der Waals surface area contributed by atoms with E-state index in [2.05, 4.69) is 10.6 Å². The van der Waals surface area contributed by atoms with Crippen LogP contribution >= 0.6 is 11.6 Å². The number of rotatable bonds is 4. The predicted molar refractivity (Wildman–Crippen MR) is 63.5 cm³/mol. The van der Waals surface area contributed by atoms with E-state index < -0.39 is 0 Å². The van der Waals surface area contributed by atoms with Gasteiger partial charge in [0.15, 0.2) is 0 Å². The van der Waals surface area contributed by atoms with Crippen molar-refractivity contribution < 1.29 is 4.79 Å². The molecule has 0 heterocycles. The largest absolute Gasteiger partial charge is 0.338 e. The van der Waals surface area contributed by atoms with E-state index in [9.17, 15) is 4.79 Å². The third-order valence-corrected chi connectivity index (χ3v) is 2.14. The minimum Gasteiger partial charge on any atom is -0.338 e. The van der Waals surface area contributed by atoms with E-state index in [1.165, 1.54) is 0 Å². The van der Waals surface area contributed by atoms with E-state index in [4.69, 9.17) is 16.9 Å². The third-order valence-electron chi connectivity index (χ3n) is 1.87. The summed E-state index contributed by atoms with van der Waals surface area (Å²) in [6.45, 7) is 0.547. The lowest BCUT2D eigenvalue weighted by Gasteiger charge is -2.06. The number of hydrogen-bond acceptors (Lipinski definition) is 2. The van der Waals surface area contributed by atoms with Gasteiger partial charge in [-0.1, -0.05) is 0 Å². The zero-order chi connectivity index (χ0) is 11.8. The Morgan fingerprint density at radius 3 is 2.62 bits per heavy atom. The van der Waals surface area contributed by atoms with Gasteiger partial charge in [-0.15, -0.1) is 11.6 Å². The van der Waals surface area contributed by atoms with Crippen LogP contribution in [-0.4, -0.2) is 18.5 Å². The van der Waals surface area contributed by atoms with Crippen LogP contribution in [0.25, 0.3) is 0 Å². The molecule has 0 aliphatic rings. The van der Waals surface area contributed by atoms with Crippen molar-refractivity contribution in [1.29, 1.82) is 5.26 Å². The Morgan fingerprint density at radius 2 is 2.06 bits per heavy atom. The Labute approximate surface area is 99.2 Å². The van der Waals surface area contributed by atoms with Crippen LogP contribution in [0.4, 0.5) is 10.5 Å². The van der Waals surface area contributed by atoms with E-state index in [-0.39, 0.29) is 6.03 Å². The zero-order valence-electron chi connectivity index (χ0n) is 8.66. The van der Waals surface area contributed by atoms with Crippen LogP contribution in [0, 0.1) is 11.3 Å². The minimum atomic E-state index is -0.269. The first-order valence-electron chi connectivity index (χ1n) is 4.87. The molecular weight excluding hydrogens is 226 g/mol. The number of nitrogens with zero attached hydrogens (tertiary/aromatic N) is 1. The molecule has 1 aromatic rings. The number of carbonyl (C=O) groups is 1. The molecule has 0 aliphatic carbocycles. The van der Waals surface area contributed by atoms with Crippen LogP contribution < -0.4 is 10.6 Å². The number of nitrogens with one attached hydrogen (secondary N) is 2. The molecular formula is C11H12ClN3O. The standard InChI is InChI=1S/C11H12ClN3O/c12-6-1-7-14-11(16)15-10-4-2-9(8-13)3-5-10/h2-5H,1,6-7H2,(H2,14,15,16). The fourth-order valence-corrected chi connectivity index (χ4v) is 1.21. The van der Waals surface area contributed by atoms with E-state index in [0.29, 0.717) is 23.7 Å². The lowest BCUT2D eigenvalue weighted by Crippen LogP contribution is -2.29. The van der Waals surface area contributed by atoms with Gasteiger partial charge < -0.3 is 10.6 Å². The molecule has 0 spiro atoms. The van der Waals surface area contributed by atoms with E-state index in [1.54, 1.807) is 24.3 Å². The molecule has 0 bridgehead atoms. The van der Waals surface area contributed by atoms with Crippen LogP contribution in [0.15, 0.2) is 24.3 Å². The van der Waals surface area contributed by atoms with Crippen molar-refractivity contribution in [1.82, 2.24) is 5.32 Å². The Kier molecular flexibility index (Phi) is 5.17. The van der Waals surface area contributed by atoms with Gasteiger partial charge in [0.2, 0.25) is 0 Å². The molecule has 0 aliphatic heterocycles. The van der Waals surface area contributed by atoms with Gasteiger partial charge in [0.25, 0.3) is 0 Å². The SMILES string of the molecule is N#Cc1ccc(NC(=O)NCCCCl)cc1. The first-order valence-corrected chi connectivity index (χ1v) is 5.40. The van der Waals surface area contributed by atoms with Crippen LogP contribution in [0.3, 0.4) is 0 Å². The first kappa shape index (κ1) is 12.3. The van der Waals surface area contributed by atoms with Crippen LogP contribution in [0.1, 0.15) is 12.0 Å². The molecule has 4 nitrogen and oxygen atoms in total. The van der Waals surface area contributed by atoms with Crippen molar-refractivity contribution in [2.24, 2.45) is 0 Å². The average molecular weight is 238 g/mol. The maximum Gasteiger partial charge on any atom is 0.319 e. The highest BCUT2D eigenvalue weighted by Gasteiger charge is 2.00. The molecule has 0 atom stereocenters. The molecule has 0 saturated carbocycles. The predicted octanol–water partition coefficient (Wildman–Crippen LogP) is 2.31. The number of amides is 2. The minimum absolute atomic E-state index is 0.269. The third kappa shape index (κ3) is 4.20. The van der Waals surface area contributed by atoms with Gasteiger partial charge in [-0.25, -0.2) is 4.79 Å². The summed E-state index contributed by atoms with van der Waals surface area (Å²) in [5.74, 6) is 0.525. The average Bonchev–Trinajstić information content (AvgIpc) is 2.30. The highest BCUT2D eigenvalue weighted by Crippen LogP contribution is 2.08. The number of urea groups is 1. The monoisotopic (exact) mass is 237 g/mol. The maximum atomic E-state index is 11.3. The fraction of sp³-hybridized carbons (Fsp3) is 0.273. The molecule has 0 saturated heterocycles. The smallest absolute Gasteiger partial charge is 0.319 e. The summed E-state index contributed by atoms with van der Waals surface area (Å²) < 4.78 is 0. The highest BCUT2D eigenvalue weighted by atomic mass is 35.5. The van der Waals surface area contributed by atoms with Gasteiger partial charge in [0.1, 0.15) is 0 Å². The molecule has 84 valence electrons. The molecule has 1 rings (SSSR count). The maximum absolute atomic E-state index is 11.3. The number of hydrogen-bond donors (Lipinski definition) is 2. The summed E-state index contributed by atoms with van der Waals surface area (Å²) in [7, 11) is 0. The number of nitriles is 1. The highest BCUT2D eigenvalue weighted by molar-refractivity contribution is 6.17. The van der Waals surface area contributed by atoms with Crippen molar-refractivity contribution in [3.63, 3.8) is 0 Å². The number of benzene rings is 1. The van der Waals surface area contributed by atoms with E-state index in [0.717, 1.165) is 6.42 Å². The molecule has 0 radical (unpaired) electrons. The van der Waals surface area contributed by atoms with Crippen LogP contribution in [0.2, 0.25) is 0 Å². The van der Waals surface area contributed by atoms with Crippen molar-refractivity contribution in [2.45, 2.75) is 6.42 Å². The van der Waals surface area contributed by atoms with Crippen LogP contribution in [-0.2, 0) is 0 Å². The van der Waals surface area contributed by atoms with Gasteiger partial charge in [-0.2, -0.15) is 5.26 Å². The molecule has 2 amide bonds. The number of carbonyl (C=O) groups excluding carboxylic acids is 1. The van der Waals surface area contributed by atoms with E-state index >= 15 is 0 Å². The molecule has 5 heteroatoms. The molecule has 16 heavy (non-hydrogen) atoms. The summed E-state index contributed by atoms with van der Waals surface area (Å²) in [6.07, 6.45) is 0.738. The topological polar surface area (TPSA) is 64.9 Å². The normalized spacial score (nSPS) is 9.25. The Hall–Kier alpha value is -1.73. The van der Waals surface area contributed by atoms with Gasteiger partial charge >= 0.3 is 6.03 Å². The lowest BCUT2D eigenvalue weighted by atomic mass is 10.2.